The van der Waals surface area contributed by atoms with Crippen LogP contribution in [0.25, 0.3) is 0 Å². The van der Waals surface area contributed by atoms with Crippen LogP contribution in [0.15, 0.2) is 34.9 Å². The number of aromatic nitrogens is 1. The van der Waals surface area contributed by atoms with Crippen molar-refractivity contribution in [2.45, 2.75) is 51.2 Å². The van der Waals surface area contributed by atoms with Crippen molar-refractivity contribution in [1.82, 2.24) is 9.88 Å². The van der Waals surface area contributed by atoms with Crippen molar-refractivity contribution >= 4 is 5.91 Å². The number of hydrogen-bond acceptors (Lipinski definition) is 4. The molecule has 26 heavy (non-hydrogen) atoms. The Balaban J connectivity index is 1.77. The molecule has 1 saturated heterocycles. The molecule has 0 radical (unpaired) electrons. The molecule has 1 aromatic heterocycles. The van der Waals surface area contributed by atoms with Crippen LogP contribution in [-0.2, 0) is 16.0 Å². The summed E-state index contributed by atoms with van der Waals surface area (Å²) in [4.78, 5) is 19.1. The summed E-state index contributed by atoms with van der Waals surface area (Å²) in [6, 6.07) is 6.15. The maximum absolute atomic E-state index is 13.0. The Morgan fingerprint density at radius 3 is 2.77 bits per heavy atom. The van der Waals surface area contributed by atoms with Gasteiger partial charge in [0.1, 0.15) is 23.2 Å². The Morgan fingerprint density at radius 1 is 1.35 bits per heavy atom. The highest BCUT2D eigenvalue weighted by Crippen LogP contribution is 2.33. The summed E-state index contributed by atoms with van der Waals surface area (Å²) in [6.45, 7) is 4.22. The molecule has 0 saturated carbocycles. The van der Waals surface area contributed by atoms with Gasteiger partial charge < -0.3 is 14.1 Å². The fourth-order valence-electron chi connectivity index (χ4n) is 3.23. The molecule has 2 heterocycles. The highest BCUT2D eigenvalue weighted by Gasteiger charge is 2.38. The minimum atomic E-state index is -0.876. The van der Waals surface area contributed by atoms with E-state index in [9.17, 15) is 9.18 Å². The maximum Gasteiger partial charge on any atom is 0.254 e. The van der Waals surface area contributed by atoms with E-state index in [1.54, 1.807) is 39.3 Å². The molecule has 5 nitrogen and oxygen atoms in total. The van der Waals surface area contributed by atoms with Crippen LogP contribution in [-0.4, -0.2) is 35.0 Å². The van der Waals surface area contributed by atoms with Crippen molar-refractivity contribution in [3.05, 3.63) is 53.5 Å². The van der Waals surface area contributed by atoms with Gasteiger partial charge in [0.15, 0.2) is 0 Å². The van der Waals surface area contributed by atoms with Gasteiger partial charge in [-0.25, -0.2) is 9.37 Å². The molecular formula is C20H25FN2O3. The lowest BCUT2D eigenvalue weighted by Crippen LogP contribution is -2.49. The standard InChI is InChI=1S/C20H25FN2O3/c1-20(2,25-3)19(24)23-11-5-4-6-17(23)18-22-13-16(26-18)12-14-7-9-15(21)10-8-14/h7-10,13,17H,4-6,11-12H2,1-3H3/t17-/m1/s1. The number of halogens is 1. The first-order chi connectivity index (χ1) is 12.4. The monoisotopic (exact) mass is 360 g/mol. The normalized spacial score (nSPS) is 18.2. The average molecular weight is 360 g/mol. The van der Waals surface area contributed by atoms with Crippen molar-refractivity contribution in [3.63, 3.8) is 0 Å². The molecule has 1 aromatic carbocycles. The van der Waals surface area contributed by atoms with E-state index in [1.165, 1.54) is 12.1 Å². The van der Waals surface area contributed by atoms with Crippen LogP contribution in [0.2, 0.25) is 0 Å². The third-order valence-electron chi connectivity index (χ3n) is 4.94. The third-order valence-corrected chi connectivity index (χ3v) is 4.94. The lowest BCUT2D eigenvalue weighted by atomic mass is 9.98. The third kappa shape index (κ3) is 3.96. The second kappa shape index (κ2) is 7.58. The van der Waals surface area contributed by atoms with Gasteiger partial charge in [-0.05, 0) is 50.8 Å². The van der Waals surface area contributed by atoms with E-state index < -0.39 is 5.60 Å². The number of benzene rings is 1. The summed E-state index contributed by atoms with van der Waals surface area (Å²) >= 11 is 0. The minimum Gasteiger partial charge on any atom is -0.443 e. The topological polar surface area (TPSA) is 55.6 Å². The highest BCUT2D eigenvalue weighted by molar-refractivity contribution is 5.84. The van der Waals surface area contributed by atoms with Gasteiger partial charge in [-0.1, -0.05) is 12.1 Å². The van der Waals surface area contributed by atoms with Gasteiger partial charge in [0, 0.05) is 20.1 Å². The molecule has 0 spiro atoms. The van der Waals surface area contributed by atoms with Gasteiger partial charge in [0.05, 0.1) is 6.20 Å². The number of oxazole rings is 1. The number of rotatable bonds is 5. The zero-order valence-electron chi connectivity index (χ0n) is 15.5. The van der Waals surface area contributed by atoms with Gasteiger partial charge in [-0.3, -0.25) is 4.79 Å². The van der Waals surface area contributed by atoms with Crippen LogP contribution in [0.3, 0.4) is 0 Å². The number of hydrogen-bond donors (Lipinski definition) is 0. The highest BCUT2D eigenvalue weighted by atomic mass is 19.1. The van der Waals surface area contributed by atoms with E-state index in [2.05, 4.69) is 4.98 Å². The van der Waals surface area contributed by atoms with Crippen molar-refractivity contribution in [3.8, 4) is 0 Å². The Morgan fingerprint density at radius 2 is 2.08 bits per heavy atom. The Hall–Kier alpha value is -2.21. The van der Waals surface area contributed by atoms with Crippen LogP contribution >= 0.6 is 0 Å². The van der Waals surface area contributed by atoms with Crippen LogP contribution < -0.4 is 0 Å². The van der Waals surface area contributed by atoms with E-state index in [4.69, 9.17) is 9.15 Å². The number of amides is 1. The number of carbonyl (C=O) groups is 1. The van der Waals surface area contributed by atoms with Crippen LogP contribution in [0, 0.1) is 5.82 Å². The molecular weight excluding hydrogens is 335 g/mol. The first-order valence-corrected chi connectivity index (χ1v) is 8.96. The molecule has 2 aromatic rings. The van der Waals surface area contributed by atoms with Gasteiger partial charge in [0.2, 0.25) is 5.89 Å². The molecule has 0 N–H and O–H groups in total. The fraction of sp³-hybridized carbons (Fsp3) is 0.500. The van der Waals surface area contributed by atoms with E-state index >= 15 is 0 Å². The smallest absolute Gasteiger partial charge is 0.254 e. The summed E-state index contributed by atoms with van der Waals surface area (Å²) in [7, 11) is 1.54. The van der Waals surface area contributed by atoms with Crippen molar-refractivity contribution in [2.75, 3.05) is 13.7 Å². The van der Waals surface area contributed by atoms with Crippen molar-refractivity contribution < 1.29 is 18.3 Å². The first kappa shape index (κ1) is 18.6. The molecule has 6 heteroatoms. The number of ether oxygens (including phenoxy) is 1. The second-order valence-electron chi connectivity index (χ2n) is 7.19. The predicted octanol–water partition coefficient (Wildman–Crippen LogP) is 3.88. The zero-order valence-corrected chi connectivity index (χ0v) is 15.5. The predicted molar refractivity (Wildman–Crippen MR) is 95.1 cm³/mol. The SMILES string of the molecule is COC(C)(C)C(=O)N1CCCC[C@@H]1c1ncc(Cc2ccc(F)cc2)o1. The minimum absolute atomic E-state index is 0.0528. The summed E-state index contributed by atoms with van der Waals surface area (Å²) < 4.78 is 24.3. The van der Waals surface area contributed by atoms with Gasteiger partial charge >= 0.3 is 0 Å². The quantitative estimate of drug-likeness (QED) is 0.812. The van der Waals surface area contributed by atoms with E-state index in [1.807, 2.05) is 4.90 Å². The van der Waals surface area contributed by atoms with Gasteiger partial charge in [0.25, 0.3) is 5.91 Å². The maximum atomic E-state index is 13.0. The fourth-order valence-corrected chi connectivity index (χ4v) is 3.23. The molecule has 1 atom stereocenters. The van der Waals surface area contributed by atoms with E-state index in [0.29, 0.717) is 24.6 Å². The molecule has 1 aliphatic rings. The molecule has 0 unspecified atom stereocenters. The van der Waals surface area contributed by atoms with Crippen LogP contribution in [0.1, 0.15) is 56.4 Å². The van der Waals surface area contributed by atoms with Crippen molar-refractivity contribution in [2.24, 2.45) is 0 Å². The van der Waals surface area contributed by atoms with Crippen LogP contribution in [0.4, 0.5) is 4.39 Å². The second-order valence-corrected chi connectivity index (χ2v) is 7.19. The molecule has 0 aliphatic carbocycles. The summed E-state index contributed by atoms with van der Waals surface area (Å²) in [5, 5.41) is 0. The number of nitrogens with zero attached hydrogens (tertiary/aromatic N) is 2. The molecule has 1 amide bonds. The number of piperidine rings is 1. The van der Waals surface area contributed by atoms with Gasteiger partial charge in [-0.2, -0.15) is 0 Å². The molecule has 3 rings (SSSR count). The van der Waals surface area contributed by atoms with E-state index in [-0.39, 0.29) is 17.8 Å². The lowest BCUT2D eigenvalue weighted by molar-refractivity contribution is -0.155. The Bertz CT molecular complexity index is 755. The largest absolute Gasteiger partial charge is 0.443 e. The van der Waals surface area contributed by atoms with E-state index in [0.717, 1.165) is 24.8 Å². The number of methoxy groups -OCH3 is 1. The average Bonchev–Trinajstić information content (AvgIpc) is 3.11. The Kier molecular flexibility index (Phi) is 5.41. The number of carbonyl (C=O) groups excluding carboxylic acids is 1. The first-order valence-electron chi connectivity index (χ1n) is 8.96. The number of likely N-dealkylation sites (tertiary alicyclic amines) is 1. The summed E-state index contributed by atoms with van der Waals surface area (Å²) in [5.74, 6) is 0.949. The molecule has 1 aliphatic heterocycles. The summed E-state index contributed by atoms with van der Waals surface area (Å²) in [5.41, 5.74) is 0.0743. The Labute approximate surface area is 153 Å². The lowest BCUT2D eigenvalue weighted by Gasteiger charge is -2.38. The zero-order chi connectivity index (χ0) is 18.7. The van der Waals surface area contributed by atoms with Gasteiger partial charge in [-0.15, -0.1) is 0 Å². The molecule has 1 fully saturated rings. The van der Waals surface area contributed by atoms with Crippen LogP contribution in [0.5, 0.6) is 0 Å². The van der Waals surface area contributed by atoms with Crippen molar-refractivity contribution in [1.29, 1.82) is 0 Å². The molecule has 0 bridgehead atoms. The summed E-state index contributed by atoms with van der Waals surface area (Å²) in [6.07, 6.45) is 5.04. The molecule has 140 valence electrons.